The van der Waals surface area contributed by atoms with Crippen molar-refractivity contribution in [2.24, 2.45) is 0 Å². The molecule has 0 N–H and O–H groups in total. The summed E-state index contributed by atoms with van der Waals surface area (Å²) in [6, 6.07) is 71.6. The number of nitrogens with zero attached hydrogens (tertiary/aromatic N) is 4. The standard InChI is InChI=1S/C39H33N2.C25H25N2.Ir/c1-25(2)34-23-31(27-12-6-5-7-13-27)24-35(26(3)4)38(34)41-37-17-11-10-16-36(37)40-39(41)30-20-21-33-29(22-30)19-18-28-14-8-9-15-32(28)33;1-17(2)20-13-10-14-21(18(3)4)24(20)27-23-16-9-8-15-22(23)26-25(27)19-11-6-5-7-12-19;/h5-19,21-26H,1-4H3;5-11,13-18H,1-4H3;/q2*-1;. The zero-order valence-corrected chi connectivity index (χ0v) is 43.1. The van der Waals surface area contributed by atoms with Crippen molar-refractivity contribution < 1.29 is 20.1 Å². The molecule has 0 aliphatic carbocycles. The van der Waals surface area contributed by atoms with E-state index in [2.05, 4.69) is 240 Å². The van der Waals surface area contributed by atoms with Crippen LogP contribution >= 0.6 is 0 Å². The Labute approximate surface area is 421 Å². The minimum absolute atomic E-state index is 0. The van der Waals surface area contributed by atoms with E-state index in [0.29, 0.717) is 23.7 Å². The van der Waals surface area contributed by atoms with Crippen molar-refractivity contribution in [2.75, 3.05) is 0 Å². The summed E-state index contributed by atoms with van der Waals surface area (Å²) in [6.45, 7) is 18.2. The van der Waals surface area contributed by atoms with Gasteiger partial charge in [0.1, 0.15) is 0 Å². The van der Waals surface area contributed by atoms with Gasteiger partial charge in [-0.1, -0.05) is 175 Å². The summed E-state index contributed by atoms with van der Waals surface area (Å²) in [4.78, 5) is 10.2. The molecule has 0 saturated heterocycles. The molecule has 0 spiro atoms. The van der Waals surface area contributed by atoms with Crippen molar-refractivity contribution in [1.29, 1.82) is 0 Å². The Morgan fingerprint density at radius 2 is 0.899 bits per heavy atom. The first-order chi connectivity index (χ1) is 33.1. The first-order valence-corrected chi connectivity index (χ1v) is 24.2. The smallest absolute Gasteiger partial charge is 0.0774 e. The normalized spacial score (nSPS) is 11.6. The number of hydrogen-bond acceptors (Lipinski definition) is 2. The molecule has 5 heteroatoms. The zero-order valence-electron chi connectivity index (χ0n) is 40.8. The van der Waals surface area contributed by atoms with Crippen molar-refractivity contribution >= 4 is 43.6 Å². The molecule has 9 aromatic carbocycles. The fourth-order valence-corrected chi connectivity index (χ4v) is 9.86. The van der Waals surface area contributed by atoms with Crippen LogP contribution in [0.3, 0.4) is 0 Å². The summed E-state index contributed by atoms with van der Waals surface area (Å²) in [5.41, 5.74) is 16.6. The van der Waals surface area contributed by atoms with Crippen molar-refractivity contribution in [3.8, 4) is 45.3 Å². The number of hydrogen-bond donors (Lipinski definition) is 0. The topological polar surface area (TPSA) is 35.6 Å². The van der Waals surface area contributed by atoms with Crippen LogP contribution in [0.5, 0.6) is 0 Å². The van der Waals surface area contributed by atoms with Crippen LogP contribution in [0, 0.1) is 12.1 Å². The van der Waals surface area contributed by atoms with Gasteiger partial charge in [0.2, 0.25) is 0 Å². The van der Waals surface area contributed by atoms with Gasteiger partial charge >= 0.3 is 0 Å². The molecule has 1 radical (unpaired) electrons. The Morgan fingerprint density at radius 3 is 1.48 bits per heavy atom. The Morgan fingerprint density at radius 1 is 0.391 bits per heavy atom. The van der Waals surface area contributed by atoms with E-state index in [-0.39, 0.29) is 20.1 Å². The van der Waals surface area contributed by atoms with Crippen LogP contribution in [0.1, 0.15) is 101 Å². The van der Waals surface area contributed by atoms with Gasteiger partial charge in [-0.2, -0.15) is 0 Å². The zero-order chi connectivity index (χ0) is 47.1. The molecule has 0 unspecified atom stereocenters. The molecule has 0 aliphatic heterocycles. The summed E-state index contributed by atoms with van der Waals surface area (Å²) < 4.78 is 4.74. The van der Waals surface area contributed by atoms with Gasteiger partial charge in [0, 0.05) is 31.5 Å². The second-order valence-corrected chi connectivity index (χ2v) is 19.2. The fraction of sp³-hybridized carbons (Fsp3) is 0.188. The molecule has 0 bridgehead atoms. The molecule has 0 amide bonds. The molecule has 2 heterocycles. The monoisotopic (exact) mass is 1080 g/mol. The van der Waals surface area contributed by atoms with E-state index in [1.807, 2.05) is 18.2 Å². The van der Waals surface area contributed by atoms with E-state index in [0.717, 1.165) is 44.8 Å². The van der Waals surface area contributed by atoms with E-state index in [1.165, 1.54) is 66.3 Å². The molecular weight excluding hydrogens is 1020 g/mol. The van der Waals surface area contributed by atoms with E-state index in [1.54, 1.807) is 0 Å². The van der Waals surface area contributed by atoms with Gasteiger partial charge in [0.05, 0.1) is 33.7 Å². The molecule has 11 aromatic rings. The number of fused-ring (bicyclic) bond motifs is 5. The minimum Gasteiger partial charge on any atom is -0.333 e. The van der Waals surface area contributed by atoms with Gasteiger partial charge in [0.25, 0.3) is 0 Å². The number of rotatable bonds is 9. The minimum atomic E-state index is 0. The van der Waals surface area contributed by atoms with Crippen LogP contribution in [0.15, 0.2) is 182 Å². The van der Waals surface area contributed by atoms with Crippen molar-refractivity contribution in [3.05, 3.63) is 216 Å². The summed E-state index contributed by atoms with van der Waals surface area (Å²) >= 11 is 0. The van der Waals surface area contributed by atoms with Crippen LogP contribution in [-0.2, 0) is 20.1 Å². The van der Waals surface area contributed by atoms with E-state index < -0.39 is 0 Å². The van der Waals surface area contributed by atoms with E-state index in [4.69, 9.17) is 9.97 Å². The maximum Gasteiger partial charge on any atom is 0.0774 e. The maximum absolute atomic E-state index is 5.24. The molecule has 11 rings (SSSR count). The third-order valence-electron chi connectivity index (χ3n) is 13.3. The molecule has 345 valence electrons. The van der Waals surface area contributed by atoms with Crippen LogP contribution in [-0.4, -0.2) is 19.1 Å². The quantitative estimate of drug-likeness (QED) is 0.107. The molecule has 69 heavy (non-hydrogen) atoms. The second kappa shape index (κ2) is 20.0. The molecular formula is C64H58IrN4-2. The SMILES string of the molecule is CC(C)c1cc(-c2ccccc2)cc(C(C)C)c1-n1c(-c2[c-]cc3c(ccc4ccccc43)c2)nc2ccccc21.CC(C)c1cccc(C(C)C)c1-n1c(-c2[c-]cccc2)nc2ccccc21.[Ir]. The molecule has 0 atom stereocenters. The first kappa shape index (κ1) is 47.2. The summed E-state index contributed by atoms with van der Waals surface area (Å²) in [5.74, 6) is 3.38. The predicted octanol–water partition coefficient (Wildman–Crippen LogP) is 17.4. The van der Waals surface area contributed by atoms with Gasteiger partial charge in [-0.15, -0.1) is 65.0 Å². The third kappa shape index (κ3) is 8.98. The number of imidazole rings is 2. The van der Waals surface area contributed by atoms with Crippen molar-refractivity contribution in [2.45, 2.75) is 79.1 Å². The van der Waals surface area contributed by atoms with Gasteiger partial charge in [0.15, 0.2) is 0 Å². The maximum atomic E-state index is 5.24. The van der Waals surface area contributed by atoms with Crippen LogP contribution in [0.4, 0.5) is 0 Å². The Kier molecular flexibility index (Phi) is 13.7. The Bertz CT molecular complexity index is 3520. The number of aromatic nitrogens is 4. The summed E-state index contributed by atoms with van der Waals surface area (Å²) in [6.07, 6.45) is 0. The predicted molar refractivity (Wildman–Crippen MR) is 287 cm³/mol. The van der Waals surface area contributed by atoms with Crippen molar-refractivity contribution in [1.82, 2.24) is 19.1 Å². The van der Waals surface area contributed by atoms with Crippen LogP contribution in [0.2, 0.25) is 0 Å². The second-order valence-electron chi connectivity index (χ2n) is 19.2. The molecule has 0 fully saturated rings. The molecule has 2 aromatic heterocycles. The van der Waals surface area contributed by atoms with E-state index in [9.17, 15) is 0 Å². The van der Waals surface area contributed by atoms with Crippen molar-refractivity contribution in [3.63, 3.8) is 0 Å². The average molecular weight is 1080 g/mol. The Hall–Kier alpha value is -6.91. The largest absolute Gasteiger partial charge is 0.333 e. The number of benzene rings is 9. The molecule has 0 aliphatic rings. The van der Waals surface area contributed by atoms with Gasteiger partial charge in [-0.05, 0) is 98.8 Å². The van der Waals surface area contributed by atoms with Gasteiger partial charge < -0.3 is 9.13 Å². The average Bonchev–Trinajstić information content (AvgIpc) is 3.95. The third-order valence-corrected chi connectivity index (χ3v) is 13.3. The summed E-state index contributed by atoms with van der Waals surface area (Å²) in [5, 5.41) is 4.91. The summed E-state index contributed by atoms with van der Waals surface area (Å²) in [7, 11) is 0. The molecule has 0 saturated carbocycles. The fourth-order valence-electron chi connectivity index (χ4n) is 9.86. The first-order valence-electron chi connectivity index (χ1n) is 24.2. The number of para-hydroxylation sites is 5. The van der Waals surface area contributed by atoms with E-state index >= 15 is 0 Å². The van der Waals surface area contributed by atoms with Crippen LogP contribution in [0.25, 0.3) is 88.9 Å². The van der Waals surface area contributed by atoms with Gasteiger partial charge in [-0.25, -0.2) is 0 Å². The van der Waals surface area contributed by atoms with Crippen LogP contribution < -0.4 is 0 Å². The molecule has 4 nitrogen and oxygen atoms in total. The Balaban J connectivity index is 0.000000184. The van der Waals surface area contributed by atoms with Gasteiger partial charge in [-0.3, -0.25) is 9.97 Å².